The molecule has 0 radical (unpaired) electrons. The topological polar surface area (TPSA) is 77.0 Å². The van der Waals surface area contributed by atoms with Crippen LogP contribution in [0.15, 0.2) is 5.16 Å². The molecular weight excluding hydrogens is 224 g/mol. The van der Waals surface area contributed by atoms with Gasteiger partial charge >= 0.3 is 0 Å². The summed E-state index contributed by atoms with van der Waals surface area (Å²) in [4.78, 5) is 0. The minimum atomic E-state index is -0.806. The molecule has 0 amide bonds. The van der Waals surface area contributed by atoms with E-state index in [1.807, 2.05) is 18.5 Å². The molecule has 16 heavy (non-hydrogen) atoms. The summed E-state index contributed by atoms with van der Waals surface area (Å²) >= 11 is 1.61. The van der Waals surface area contributed by atoms with Gasteiger partial charge in [-0.1, -0.05) is 18.7 Å². The van der Waals surface area contributed by atoms with Crippen LogP contribution >= 0.6 is 11.8 Å². The second kappa shape index (κ2) is 5.16. The SMILES string of the molecule is Cc1nnc(SC(C)CC(C)(O)CN)n1C. The fourth-order valence-corrected chi connectivity index (χ4v) is 2.60. The van der Waals surface area contributed by atoms with Crippen LogP contribution in [0.2, 0.25) is 0 Å². The molecule has 0 aliphatic carbocycles. The van der Waals surface area contributed by atoms with E-state index < -0.39 is 5.60 Å². The molecule has 1 aromatic rings. The summed E-state index contributed by atoms with van der Waals surface area (Å²) in [5.41, 5.74) is 4.68. The molecule has 1 rings (SSSR count). The average Bonchev–Trinajstić information content (AvgIpc) is 2.49. The molecule has 2 unspecified atom stereocenters. The van der Waals surface area contributed by atoms with E-state index in [0.29, 0.717) is 6.42 Å². The van der Waals surface area contributed by atoms with Crippen molar-refractivity contribution in [2.75, 3.05) is 6.54 Å². The number of hydrogen-bond acceptors (Lipinski definition) is 5. The first-order valence-corrected chi connectivity index (χ1v) is 6.19. The summed E-state index contributed by atoms with van der Waals surface area (Å²) in [5, 5.41) is 19.1. The second-order valence-electron chi connectivity index (χ2n) is 4.42. The smallest absolute Gasteiger partial charge is 0.191 e. The zero-order valence-corrected chi connectivity index (χ0v) is 11.1. The van der Waals surface area contributed by atoms with Crippen LogP contribution in [0.5, 0.6) is 0 Å². The number of nitrogens with zero attached hydrogens (tertiary/aromatic N) is 3. The number of nitrogens with two attached hydrogens (primary N) is 1. The molecule has 0 spiro atoms. The lowest BCUT2D eigenvalue weighted by molar-refractivity contribution is 0.0608. The number of aryl methyl sites for hydroxylation is 1. The summed E-state index contributed by atoms with van der Waals surface area (Å²) in [6, 6.07) is 0. The van der Waals surface area contributed by atoms with Gasteiger partial charge in [0.2, 0.25) is 0 Å². The Morgan fingerprint density at radius 3 is 2.62 bits per heavy atom. The van der Waals surface area contributed by atoms with Crippen molar-refractivity contribution in [2.45, 2.75) is 43.2 Å². The van der Waals surface area contributed by atoms with Gasteiger partial charge in [0.25, 0.3) is 0 Å². The lowest BCUT2D eigenvalue weighted by Gasteiger charge is -2.24. The van der Waals surface area contributed by atoms with Crippen LogP contribution in [0.1, 0.15) is 26.1 Å². The third-order valence-electron chi connectivity index (χ3n) is 2.53. The predicted octanol–water partition coefficient (Wildman–Crippen LogP) is 0.704. The van der Waals surface area contributed by atoms with Gasteiger partial charge < -0.3 is 15.4 Å². The molecule has 5 nitrogen and oxygen atoms in total. The zero-order chi connectivity index (χ0) is 12.3. The van der Waals surface area contributed by atoms with E-state index in [1.54, 1.807) is 18.7 Å². The van der Waals surface area contributed by atoms with Crippen LogP contribution in [0.25, 0.3) is 0 Å². The largest absolute Gasteiger partial charge is 0.389 e. The third-order valence-corrected chi connectivity index (χ3v) is 3.66. The Bertz CT molecular complexity index is 351. The molecule has 2 atom stereocenters. The highest BCUT2D eigenvalue weighted by atomic mass is 32.2. The van der Waals surface area contributed by atoms with E-state index in [1.165, 1.54) is 0 Å². The van der Waals surface area contributed by atoms with E-state index in [4.69, 9.17) is 5.73 Å². The van der Waals surface area contributed by atoms with E-state index >= 15 is 0 Å². The van der Waals surface area contributed by atoms with Crippen LogP contribution in [0.3, 0.4) is 0 Å². The molecule has 0 fully saturated rings. The Hall–Kier alpha value is -0.590. The summed E-state index contributed by atoms with van der Waals surface area (Å²) in [5.74, 6) is 0.889. The third kappa shape index (κ3) is 3.47. The van der Waals surface area contributed by atoms with Gasteiger partial charge in [0.05, 0.1) is 5.60 Å². The molecule has 0 aliphatic heterocycles. The Morgan fingerprint density at radius 2 is 2.19 bits per heavy atom. The quantitative estimate of drug-likeness (QED) is 0.746. The first-order valence-electron chi connectivity index (χ1n) is 5.31. The molecule has 0 saturated heterocycles. The van der Waals surface area contributed by atoms with Crippen molar-refractivity contribution in [3.8, 4) is 0 Å². The number of hydrogen-bond donors (Lipinski definition) is 2. The van der Waals surface area contributed by atoms with Crippen molar-refractivity contribution >= 4 is 11.8 Å². The highest BCUT2D eigenvalue weighted by Gasteiger charge is 2.23. The lowest BCUT2D eigenvalue weighted by atomic mass is 10.0. The summed E-state index contributed by atoms with van der Waals surface area (Å²) in [6.45, 7) is 6.00. The lowest BCUT2D eigenvalue weighted by Crippen LogP contribution is -2.36. The summed E-state index contributed by atoms with van der Waals surface area (Å²) in [6.07, 6.45) is 0.639. The molecule has 0 aliphatic rings. The minimum absolute atomic E-state index is 0.251. The maximum atomic E-state index is 9.86. The number of aliphatic hydroxyl groups is 1. The van der Waals surface area contributed by atoms with Crippen molar-refractivity contribution in [2.24, 2.45) is 12.8 Å². The van der Waals surface area contributed by atoms with Gasteiger partial charge in [-0.15, -0.1) is 10.2 Å². The molecule has 0 saturated carbocycles. The van der Waals surface area contributed by atoms with Crippen LogP contribution in [0.4, 0.5) is 0 Å². The van der Waals surface area contributed by atoms with Crippen LogP contribution in [-0.2, 0) is 7.05 Å². The normalized spacial score (nSPS) is 17.1. The van der Waals surface area contributed by atoms with Crippen molar-refractivity contribution < 1.29 is 5.11 Å². The van der Waals surface area contributed by atoms with Crippen LogP contribution in [0, 0.1) is 6.92 Å². The van der Waals surface area contributed by atoms with Gasteiger partial charge in [-0.3, -0.25) is 0 Å². The molecule has 1 aromatic heterocycles. The molecule has 3 N–H and O–H groups in total. The van der Waals surface area contributed by atoms with Crippen molar-refractivity contribution in [3.05, 3.63) is 5.82 Å². The van der Waals surface area contributed by atoms with Gasteiger partial charge in [0, 0.05) is 18.8 Å². The van der Waals surface area contributed by atoms with Gasteiger partial charge in [-0.05, 0) is 20.3 Å². The summed E-state index contributed by atoms with van der Waals surface area (Å²) in [7, 11) is 1.94. The van der Waals surface area contributed by atoms with Crippen LogP contribution < -0.4 is 5.73 Å². The van der Waals surface area contributed by atoms with E-state index in [0.717, 1.165) is 11.0 Å². The second-order valence-corrected chi connectivity index (χ2v) is 5.83. The number of aromatic nitrogens is 3. The fourth-order valence-electron chi connectivity index (χ4n) is 1.41. The van der Waals surface area contributed by atoms with Crippen molar-refractivity contribution in [1.29, 1.82) is 0 Å². The Kier molecular flexibility index (Phi) is 4.35. The van der Waals surface area contributed by atoms with Gasteiger partial charge in [0.1, 0.15) is 5.82 Å². The highest BCUT2D eigenvalue weighted by molar-refractivity contribution is 7.99. The molecule has 92 valence electrons. The molecule has 0 bridgehead atoms. The number of rotatable bonds is 5. The fraction of sp³-hybridized carbons (Fsp3) is 0.800. The Labute approximate surface area is 100 Å². The van der Waals surface area contributed by atoms with E-state index in [9.17, 15) is 5.11 Å². The summed E-state index contributed by atoms with van der Waals surface area (Å²) < 4.78 is 1.94. The highest BCUT2D eigenvalue weighted by Crippen LogP contribution is 2.26. The molecule has 0 aromatic carbocycles. The monoisotopic (exact) mass is 244 g/mol. The van der Waals surface area contributed by atoms with Gasteiger partial charge in [-0.25, -0.2) is 0 Å². The predicted molar refractivity (Wildman–Crippen MR) is 65.4 cm³/mol. The first kappa shape index (κ1) is 13.5. The molecule has 6 heteroatoms. The maximum Gasteiger partial charge on any atom is 0.191 e. The van der Waals surface area contributed by atoms with Crippen molar-refractivity contribution in [3.63, 3.8) is 0 Å². The van der Waals surface area contributed by atoms with Crippen LogP contribution in [-0.4, -0.2) is 37.3 Å². The Morgan fingerprint density at radius 1 is 1.56 bits per heavy atom. The molecule has 1 heterocycles. The standard InChI is InChI=1S/C10H20N4OS/c1-7(5-10(3,15)6-11)16-9-13-12-8(2)14(9)4/h7,15H,5-6,11H2,1-4H3. The minimum Gasteiger partial charge on any atom is -0.389 e. The van der Waals surface area contributed by atoms with Crippen molar-refractivity contribution in [1.82, 2.24) is 14.8 Å². The maximum absolute atomic E-state index is 9.86. The first-order chi connectivity index (χ1) is 7.35. The van der Waals surface area contributed by atoms with Gasteiger partial charge in [-0.2, -0.15) is 0 Å². The van der Waals surface area contributed by atoms with E-state index in [-0.39, 0.29) is 11.8 Å². The average molecular weight is 244 g/mol. The zero-order valence-electron chi connectivity index (χ0n) is 10.3. The Balaban J connectivity index is 2.58. The van der Waals surface area contributed by atoms with Gasteiger partial charge in [0.15, 0.2) is 5.16 Å². The molecular formula is C10H20N4OS. The number of thioether (sulfide) groups is 1. The van der Waals surface area contributed by atoms with E-state index in [2.05, 4.69) is 17.1 Å².